The summed E-state index contributed by atoms with van der Waals surface area (Å²) in [6.45, 7) is 3.58. The minimum absolute atomic E-state index is 0.161. The molecule has 0 aliphatic carbocycles. The molecule has 0 radical (unpaired) electrons. The molecule has 0 aromatic rings. The Balaban J connectivity index is 2.55. The summed E-state index contributed by atoms with van der Waals surface area (Å²) in [4.78, 5) is 33.8. The largest absolute Gasteiger partial charge is 0.368 e. The van der Waals surface area contributed by atoms with Crippen molar-refractivity contribution in [2.24, 2.45) is 5.73 Å². The van der Waals surface area contributed by atoms with Gasteiger partial charge in [-0.25, -0.2) is 0 Å². The Labute approximate surface area is 107 Å². The summed E-state index contributed by atoms with van der Waals surface area (Å²) in [7, 11) is 0. The summed E-state index contributed by atoms with van der Waals surface area (Å²) >= 11 is 3.10. The fraction of sp³-hybridized carbons (Fsp3) is 0.500. The zero-order chi connectivity index (χ0) is 13.0. The van der Waals surface area contributed by atoms with Crippen molar-refractivity contribution in [3.8, 4) is 0 Å². The fourth-order valence-electron chi connectivity index (χ4n) is 1.53. The third-order valence-corrected chi connectivity index (χ3v) is 2.72. The van der Waals surface area contributed by atoms with Crippen molar-refractivity contribution >= 4 is 33.7 Å². The van der Waals surface area contributed by atoms with Crippen molar-refractivity contribution in [2.75, 3.05) is 0 Å². The van der Waals surface area contributed by atoms with E-state index >= 15 is 0 Å². The van der Waals surface area contributed by atoms with Crippen molar-refractivity contribution in [1.29, 1.82) is 0 Å². The maximum absolute atomic E-state index is 11.7. The van der Waals surface area contributed by atoms with Gasteiger partial charge >= 0.3 is 0 Å². The number of primary amides is 1. The minimum Gasteiger partial charge on any atom is -0.368 e. The van der Waals surface area contributed by atoms with Crippen LogP contribution in [0.3, 0.4) is 0 Å². The van der Waals surface area contributed by atoms with Gasteiger partial charge in [-0.3, -0.25) is 14.4 Å². The van der Waals surface area contributed by atoms with Gasteiger partial charge in [0.2, 0.25) is 17.7 Å². The molecular formula is C10H14BrN3O3. The lowest BCUT2D eigenvalue weighted by Gasteiger charge is -2.17. The Bertz CT molecular complexity index is 370. The molecule has 94 valence electrons. The first-order valence-electron chi connectivity index (χ1n) is 5.12. The number of amides is 3. The Morgan fingerprint density at radius 2 is 2.29 bits per heavy atom. The smallest absolute Gasteiger partial charge is 0.243 e. The summed E-state index contributed by atoms with van der Waals surface area (Å²) < 4.78 is 0.567. The van der Waals surface area contributed by atoms with Gasteiger partial charge in [-0.05, 0) is 10.9 Å². The summed E-state index contributed by atoms with van der Waals surface area (Å²) in [5.74, 6) is -1.19. The minimum atomic E-state index is -0.813. The van der Waals surface area contributed by atoms with Crippen LogP contribution in [0.25, 0.3) is 0 Å². The van der Waals surface area contributed by atoms with Crippen molar-refractivity contribution < 1.29 is 14.4 Å². The molecule has 0 unspecified atom stereocenters. The molecule has 7 heteroatoms. The molecule has 1 saturated heterocycles. The maximum atomic E-state index is 11.7. The standard InChI is InChI=1S/C10H14BrN3O3/c1-5(11)4-7(9(12)16)14-10(17)6-2-3-8(15)13-6/h6-7H,1-4H2,(H2,12,16)(H,13,15)(H,14,17)/t6-,7-/m0/s1. The maximum Gasteiger partial charge on any atom is 0.243 e. The first-order valence-corrected chi connectivity index (χ1v) is 5.91. The van der Waals surface area contributed by atoms with E-state index in [4.69, 9.17) is 5.73 Å². The Hall–Kier alpha value is -1.37. The third kappa shape index (κ3) is 4.18. The van der Waals surface area contributed by atoms with Crippen molar-refractivity contribution in [3.63, 3.8) is 0 Å². The number of carbonyl (C=O) groups is 3. The second kappa shape index (κ2) is 5.81. The average molecular weight is 304 g/mol. The lowest BCUT2D eigenvalue weighted by atomic mass is 10.1. The Morgan fingerprint density at radius 1 is 1.65 bits per heavy atom. The molecule has 0 bridgehead atoms. The molecule has 0 aromatic carbocycles. The number of hydrogen-bond donors (Lipinski definition) is 3. The van der Waals surface area contributed by atoms with Crippen LogP contribution in [0, 0.1) is 0 Å². The number of halogens is 1. The molecule has 1 heterocycles. The van der Waals surface area contributed by atoms with E-state index in [9.17, 15) is 14.4 Å². The van der Waals surface area contributed by atoms with E-state index in [1.807, 2.05) is 0 Å². The van der Waals surface area contributed by atoms with Crippen LogP contribution in [0.15, 0.2) is 11.1 Å². The number of hydrogen-bond acceptors (Lipinski definition) is 3. The summed E-state index contributed by atoms with van der Waals surface area (Å²) in [6.07, 6.45) is 0.984. The van der Waals surface area contributed by atoms with Crippen molar-refractivity contribution in [3.05, 3.63) is 11.1 Å². The molecule has 0 aromatic heterocycles. The van der Waals surface area contributed by atoms with Crippen LogP contribution in [0.4, 0.5) is 0 Å². The highest BCUT2D eigenvalue weighted by molar-refractivity contribution is 9.11. The van der Waals surface area contributed by atoms with Gasteiger partial charge in [-0.2, -0.15) is 0 Å². The van der Waals surface area contributed by atoms with Crippen LogP contribution < -0.4 is 16.4 Å². The number of rotatable bonds is 5. The quantitative estimate of drug-likeness (QED) is 0.640. The highest BCUT2D eigenvalue weighted by Crippen LogP contribution is 2.11. The van der Waals surface area contributed by atoms with Crippen LogP contribution in [-0.4, -0.2) is 29.8 Å². The Morgan fingerprint density at radius 3 is 2.71 bits per heavy atom. The van der Waals surface area contributed by atoms with Crippen molar-refractivity contribution in [1.82, 2.24) is 10.6 Å². The molecule has 1 rings (SSSR count). The average Bonchev–Trinajstić information content (AvgIpc) is 2.63. The second-order valence-electron chi connectivity index (χ2n) is 3.84. The van der Waals surface area contributed by atoms with E-state index in [1.165, 1.54) is 0 Å². The van der Waals surface area contributed by atoms with Crippen LogP contribution in [0.5, 0.6) is 0 Å². The van der Waals surface area contributed by atoms with Gasteiger partial charge in [-0.1, -0.05) is 22.5 Å². The molecular weight excluding hydrogens is 290 g/mol. The second-order valence-corrected chi connectivity index (χ2v) is 4.97. The van der Waals surface area contributed by atoms with Crippen LogP contribution in [0.1, 0.15) is 19.3 Å². The molecule has 0 spiro atoms. The fourth-order valence-corrected chi connectivity index (χ4v) is 1.85. The first kappa shape index (κ1) is 13.7. The van der Waals surface area contributed by atoms with Crippen molar-refractivity contribution in [2.45, 2.75) is 31.3 Å². The number of carbonyl (C=O) groups excluding carboxylic acids is 3. The first-order chi connectivity index (χ1) is 7.90. The predicted molar refractivity (Wildman–Crippen MR) is 65.0 cm³/mol. The highest BCUT2D eigenvalue weighted by atomic mass is 79.9. The zero-order valence-electron chi connectivity index (χ0n) is 9.16. The predicted octanol–water partition coefficient (Wildman–Crippen LogP) is -0.466. The van der Waals surface area contributed by atoms with Gasteiger partial charge in [0.25, 0.3) is 0 Å². The topological polar surface area (TPSA) is 101 Å². The third-order valence-electron chi connectivity index (χ3n) is 2.40. The van der Waals surface area contributed by atoms with Gasteiger partial charge in [0.1, 0.15) is 12.1 Å². The van der Waals surface area contributed by atoms with Crippen LogP contribution in [0.2, 0.25) is 0 Å². The Kier molecular flexibility index (Phi) is 4.68. The molecule has 2 atom stereocenters. The van der Waals surface area contributed by atoms with Crippen LogP contribution in [-0.2, 0) is 14.4 Å². The zero-order valence-corrected chi connectivity index (χ0v) is 10.7. The lowest BCUT2D eigenvalue weighted by molar-refractivity contribution is -0.129. The molecule has 0 saturated carbocycles. The molecule has 17 heavy (non-hydrogen) atoms. The van der Waals surface area contributed by atoms with Gasteiger partial charge in [-0.15, -0.1) is 0 Å². The van der Waals surface area contributed by atoms with Gasteiger partial charge in [0, 0.05) is 12.8 Å². The van der Waals surface area contributed by atoms with Gasteiger partial charge < -0.3 is 16.4 Å². The van der Waals surface area contributed by atoms with Gasteiger partial charge in [0.15, 0.2) is 0 Å². The van der Waals surface area contributed by atoms with E-state index in [-0.39, 0.29) is 12.3 Å². The summed E-state index contributed by atoms with van der Waals surface area (Å²) in [6, 6.07) is -1.39. The number of nitrogens with two attached hydrogens (primary N) is 1. The van der Waals surface area contributed by atoms with E-state index in [0.717, 1.165) is 0 Å². The summed E-state index contributed by atoms with van der Waals surface area (Å²) in [5, 5.41) is 5.01. The van der Waals surface area contributed by atoms with E-state index < -0.39 is 23.9 Å². The SMILES string of the molecule is C=C(Br)C[C@H](NC(=O)[C@@H]1CCC(=O)N1)C(N)=O. The summed E-state index contributed by atoms with van der Waals surface area (Å²) in [5.41, 5.74) is 5.16. The molecule has 1 fully saturated rings. The molecule has 6 nitrogen and oxygen atoms in total. The number of nitrogens with one attached hydrogen (secondary N) is 2. The van der Waals surface area contributed by atoms with Gasteiger partial charge in [0.05, 0.1) is 0 Å². The van der Waals surface area contributed by atoms with E-state index in [2.05, 4.69) is 33.1 Å². The monoisotopic (exact) mass is 303 g/mol. The van der Waals surface area contributed by atoms with Crippen LogP contribution >= 0.6 is 15.9 Å². The molecule has 1 aliphatic rings. The lowest BCUT2D eigenvalue weighted by Crippen LogP contribution is -2.50. The normalized spacial score (nSPS) is 20.5. The highest BCUT2D eigenvalue weighted by Gasteiger charge is 2.29. The van der Waals surface area contributed by atoms with E-state index in [0.29, 0.717) is 17.3 Å². The molecule has 1 aliphatic heterocycles. The molecule has 3 amide bonds. The van der Waals surface area contributed by atoms with E-state index in [1.54, 1.807) is 0 Å². The molecule has 4 N–H and O–H groups in total.